The first-order valence-electron chi connectivity index (χ1n) is 9.39. The van der Waals surface area contributed by atoms with Crippen molar-refractivity contribution in [2.75, 3.05) is 20.8 Å². The van der Waals surface area contributed by atoms with Crippen LogP contribution in [-0.2, 0) is 4.79 Å². The van der Waals surface area contributed by atoms with Crippen LogP contribution in [-0.4, -0.2) is 49.6 Å². The number of methoxy groups -OCH3 is 2. The second-order valence-electron chi connectivity index (χ2n) is 7.15. The molecule has 0 saturated carbocycles. The van der Waals surface area contributed by atoms with Crippen molar-refractivity contribution in [2.24, 2.45) is 0 Å². The van der Waals surface area contributed by atoms with Crippen LogP contribution in [0.4, 0.5) is 0 Å². The third-order valence-corrected chi connectivity index (χ3v) is 5.60. The fourth-order valence-electron chi connectivity index (χ4n) is 4.01. The smallest absolute Gasteiger partial charge is 0.254 e. The van der Waals surface area contributed by atoms with E-state index in [0.29, 0.717) is 23.6 Å². The van der Waals surface area contributed by atoms with Gasteiger partial charge in [-0.2, -0.15) is 0 Å². The zero-order valence-electron chi connectivity index (χ0n) is 16.0. The van der Waals surface area contributed by atoms with E-state index in [1.165, 1.54) is 0 Å². The molecule has 2 heterocycles. The number of carbonyl (C=O) groups excluding carboxylic acids is 2. The summed E-state index contributed by atoms with van der Waals surface area (Å²) in [6.07, 6.45) is 3.72. The van der Waals surface area contributed by atoms with Crippen LogP contribution in [0, 0.1) is 0 Å². The summed E-state index contributed by atoms with van der Waals surface area (Å²) in [4.78, 5) is 28.1. The second-order valence-corrected chi connectivity index (χ2v) is 7.15. The van der Waals surface area contributed by atoms with Gasteiger partial charge in [0.05, 0.1) is 20.1 Å². The largest absolute Gasteiger partial charge is 0.493 e. The highest BCUT2D eigenvalue weighted by molar-refractivity contribution is 6.02. The topological polar surface area (TPSA) is 67.9 Å². The number of carbonyl (C=O) groups is 2. The first-order chi connectivity index (χ1) is 12.5. The number of amides is 2. The van der Waals surface area contributed by atoms with Gasteiger partial charge in [0.1, 0.15) is 0 Å². The number of ether oxygens (including phenoxy) is 2. The summed E-state index contributed by atoms with van der Waals surface area (Å²) in [6, 6.07) is 3.52. The van der Waals surface area contributed by atoms with Crippen molar-refractivity contribution >= 4 is 11.8 Å². The van der Waals surface area contributed by atoms with E-state index in [2.05, 4.69) is 5.32 Å². The molecule has 3 rings (SSSR count). The van der Waals surface area contributed by atoms with Gasteiger partial charge in [-0.05, 0) is 50.3 Å². The average molecular weight is 360 g/mol. The van der Waals surface area contributed by atoms with Crippen LogP contribution in [0.5, 0.6) is 11.5 Å². The highest BCUT2D eigenvalue weighted by Crippen LogP contribution is 2.42. The van der Waals surface area contributed by atoms with E-state index in [1.807, 2.05) is 18.7 Å². The van der Waals surface area contributed by atoms with Gasteiger partial charge in [0.15, 0.2) is 11.5 Å². The Labute approximate surface area is 154 Å². The molecule has 0 aromatic heterocycles. The Morgan fingerprint density at radius 1 is 1.27 bits per heavy atom. The minimum Gasteiger partial charge on any atom is -0.493 e. The highest BCUT2D eigenvalue weighted by atomic mass is 16.5. The molecule has 6 heteroatoms. The van der Waals surface area contributed by atoms with Crippen molar-refractivity contribution in [3.05, 3.63) is 23.3 Å². The maximum Gasteiger partial charge on any atom is 0.254 e. The van der Waals surface area contributed by atoms with E-state index in [0.717, 1.165) is 31.2 Å². The summed E-state index contributed by atoms with van der Waals surface area (Å²) < 4.78 is 10.8. The molecule has 0 bridgehead atoms. The molecule has 0 aliphatic carbocycles. The van der Waals surface area contributed by atoms with Gasteiger partial charge in [-0.25, -0.2) is 0 Å². The molecule has 142 valence electrons. The molecule has 2 aliphatic rings. The average Bonchev–Trinajstić information content (AvgIpc) is 2.67. The quantitative estimate of drug-likeness (QED) is 0.877. The summed E-state index contributed by atoms with van der Waals surface area (Å²) >= 11 is 0. The lowest BCUT2D eigenvalue weighted by Gasteiger charge is -2.44. The molecule has 3 unspecified atom stereocenters. The molecule has 1 aromatic rings. The van der Waals surface area contributed by atoms with Crippen LogP contribution in [0.1, 0.15) is 61.4 Å². The lowest BCUT2D eigenvalue weighted by Crippen LogP contribution is -2.54. The molecule has 6 nitrogen and oxygen atoms in total. The molecule has 2 amide bonds. The molecule has 1 N–H and O–H groups in total. The summed E-state index contributed by atoms with van der Waals surface area (Å²) in [5, 5.41) is 3.11. The Bertz CT molecular complexity index is 703. The van der Waals surface area contributed by atoms with E-state index >= 15 is 0 Å². The maximum atomic E-state index is 13.1. The van der Waals surface area contributed by atoms with Crippen LogP contribution in [0.15, 0.2) is 12.1 Å². The van der Waals surface area contributed by atoms with E-state index in [4.69, 9.17) is 9.47 Å². The van der Waals surface area contributed by atoms with Crippen molar-refractivity contribution < 1.29 is 19.1 Å². The zero-order chi connectivity index (χ0) is 18.8. The third kappa shape index (κ3) is 3.13. The molecular weight excluding hydrogens is 332 g/mol. The molecule has 3 atom stereocenters. The Balaban J connectivity index is 2.10. The minimum atomic E-state index is -0.378. The van der Waals surface area contributed by atoms with Crippen LogP contribution < -0.4 is 14.8 Å². The van der Waals surface area contributed by atoms with E-state index < -0.39 is 0 Å². The number of benzene rings is 1. The van der Waals surface area contributed by atoms with Gasteiger partial charge in [-0.3, -0.25) is 9.59 Å². The minimum absolute atomic E-state index is 0.0155. The third-order valence-electron chi connectivity index (χ3n) is 5.60. The monoisotopic (exact) mass is 360 g/mol. The molecule has 0 spiro atoms. The SMILES string of the molecule is CCC(C)NC(=O)C1c2cc(OC)c(OC)cc2C(=O)N2CCCCC12. The number of nitrogens with zero attached hydrogens (tertiary/aromatic N) is 1. The molecule has 1 aromatic carbocycles. The first kappa shape index (κ1) is 18.5. The number of hydrogen-bond donors (Lipinski definition) is 1. The summed E-state index contributed by atoms with van der Waals surface area (Å²) in [5.41, 5.74) is 1.29. The van der Waals surface area contributed by atoms with Crippen molar-refractivity contribution in [1.82, 2.24) is 10.2 Å². The number of hydrogen-bond acceptors (Lipinski definition) is 4. The van der Waals surface area contributed by atoms with Crippen LogP contribution >= 0.6 is 0 Å². The lowest BCUT2D eigenvalue weighted by molar-refractivity contribution is -0.125. The Morgan fingerprint density at radius 3 is 2.62 bits per heavy atom. The summed E-state index contributed by atoms with van der Waals surface area (Å²) in [5.74, 6) is 0.646. The van der Waals surface area contributed by atoms with Gasteiger partial charge in [0.25, 0.3) is 5.91 Å². The Hall–Kier alpha value is -2.24. The van der Waals surface area contributed by atoms with E-state index in [9.17, 15) is 9.59 Å². The standard InChI is InChI=1S/C20H28N2O4/c1-5-12(2)21-19(23)18-13-10-16(25-3)17(26-4)11-14(13)20(24)22-9-7-6-8-15(18)22/h10-12,15,18H,5-9H2,1-4H3,(H,21,23). The molecule has 1 saturated heterocycles. The Kier molecular flexibility index (Phi) is 5.39. The number of nitrogens with one attached hydrogen (secondary N) is 1. The number of fused-ring (bicyclic) bond motifs is 2. The van der Waals surface area contributed by atoms with E-state index in [1.54, 1.807) is 26.4 Å². The van der Waals surface area contributed by atoms with Gasteiger partial charge < -0.3 is 19.7 Å². The molecule has 26 heavy (non-hydrogen) atoms. The zero-order valence-corrected chi connectivity index (χ0v) is 16.0. The van der Waals surface area contributed by atoms with E-state index in [-0.39, 0.29) is 29.8 Å². The van der Waals surface area contributed by atoms with Gasteiger partial charge in [0.2, 0.25) is 5.91 Å². The fraction of sp³-hybridized carbons (Fsp3) is 0.600. The van der Waals surface area contributed by atoms with Crippen molar-refractivity contribution in [3.63, 3.8) is 0 Å². The van der Waals surface area contributed by atoms with Crippen LogP contribution in [0.25, 0.3) is 0 Å². The molecule has 1 fully saturated rings. The van der Waals surface area contributed by atoms with Gasteiger partial charge in [0, 0.05) is 24.2 Å². The predicted molar refractivity (Wildman–Crippen MR) is 98.9 cm³/mol. The number of rotatable bonds is 5. The Morgan fingerprint density at radius 2 is 1.96 bits per heavy atom. The maximum absolute atomic E-state index is 13.1. The lowest BCUT2D eigenvalue weighted by atomic mass is 9.78. The molecular formula is C20H28N2O4. The van der Waals surface area contributed by atoms with Gasteiger partial charge in [-0.1, -0.05) is 6.92 Å². The molecule has 2 aliphatic heterocycles. The fourth-order valence-corrected chi connectivity index (χ4v) is 4.01. The normalized spacial score (nSPS) is 22.9. The van der Waals surface area contributed by atoms with Crippen molar-refractivity contribution in [2.45, 2.75) is 57.5 Å². The van der Waals surface area contributed by atoms with Crippen LogP contribution in [0.3, 0.4) is 0 Å². The van der Waals surface area contributed by atoms with Crippen molar-refractivity contribution in [3.8, 4) is 11.5 Å². The van der Waals surface area contributed by atoms with Crippen molar-refractivity contribution in [1.29, 1.82) is 0 Å². The van der Waals surface area contributed by atoms with Crippen LogP contribution in [0.2, 0.25) is 0 Å². The predicted octanol–water partition coefficient (Wildman–Crippen LogP) is 2.71. The number of piperidine rings is 1. The van der Waals surface area contributed by atoms with Gasteiger partial charge >= 0.3 is 0 Å². The molecule has 0 radical (unpaired) electrons. The first-order valence-corrected chi connectivity index (χ1v) is 9.39. The summed E-state index contributed by atoms with van der Waals surface area (Å²) in [7, 11) is 3.12. The van der Waals surface area contributed by atoms with Gasteiger partial charge in [-0.15, -0.1) is 0 Å². The highest BCUT2D eigenvalue weighted by Gasteiger charge is 2.45. The summed E-state index contributed by atoms with van der Waals surface area (Å²) in [6.45, 7) is 4.74. The second kappa shape index (κ2) is 7.56.